The van der Waals surface area contributed by atoms with Gasteiger partial charge in [-0.3, -0.25) is 4.98 Å². The maximum Gasteiger partial charge on any atom is 0.490 e. The molecule has 0 aliphatic heterocycles. The van der Waals surface area contributed by atoms with Gasteiger partial charge in [-0.1, -0.05) is 6.07 Å². The molecule has 2 aromatic rings. The molecule has 0 unspecified atom stereocenters. The zero-order chi connectivity index (χ0) is 10.8. The number of rotatable bonds is 2. The second kappa shape index (κ2) is 3.80. The Hall–Kier alpha value is -1.73. The average Bonchev–Trinajstić information content (AvgIpc) is 2.65. The highest BCUT2D eigenvalue weighted by atomic mass is 16.4. The first-order valence-electron chi connectivity index (χ1n) is 4.29. The summed E-state index contributed by atoms with van der Waals surface area (Å²) in [6, 6.07) is 3.12. The summed E-state index contributed by atoms with van der Waals surface area (Å²) in [7, 11) is -1.52. The third-order valence-electron chi connectivity index (χ3n) is 1.83. The summed E-state index contributed by atoms with van der Waals surface area (Å²) >= 11 is 0. The third-order valence-corrected chi connectivity index (χ3v) is 1.83. The van der Waals surface area contributed by atoms with Gasteiger partial charge in [0, 0.05) is 18.6 Å². The molecule has 0 amide bonds. The van der Waals surface area contributed by atoms with E-state index < -0.39 is 7.12 Å². The fourth-order valence-electron chi connectivity index (χ4n) is 1.08. The summed E-state index contributed by atoms with van der Waals surface area (Å²) in [5, 5.41) is 25.2. The smallest absolute Gasteiger partial charge is 0.423 e. The van der Waals surface area contributed by atoms with Gasteiger partial charge in [-0.2, -0.15) is 0 Å². The van der Waals surface area contributed by atoms with Crippen molar-refractivity contribution in [3.05, 3.63) is 24.2 Å². The van der Waals surface area contributed by atoms with Crippen molar-refractivity contribution in [2.24, 2.45) is 0 Å². The molecule has 2 N–H and O–H groups in total. The predicted octanol–water partition coefficient (Wildman–Crippen LogP) is -0.880. The van der Waals surface area contributed by atoms with Gasteiger partial charge in [0.05, 0.1) is 0 Å². The van der Waals surface area contributed by atoms with E-state index in [0.717, 1.165) is 0 Å². The lowest BCUT2D eigenvalue weighted by atomic mass is 9.82. The lowest BCUT2D eigenvalue weighted by molar-refractivity contribution is 0.425. The third kappa shape index (κ3) is 2.03. The number of hydrogen-bond acceptors (Lipinski definition) is 6. The zero-order valence-corrected chi connectivity index (χ0v) is 7.95. The highest BCUT2D eigenvalue weighted by molar-refractivity contribution is 6.58. The fraction of sp³-hybridized carbons (Fsp3) is 0.125. The van der Waals surface area contributed by atoms with Gasteiger partial charge in [-0.05, 0) is 6.07 Å². The molecule has 0 radical (unpaired) electrons. The van der Waals surface area contributed by atoms with Gasteiger partial charge in [0.15, 0.2) is 0 Å². The molecule has 76 valence electrons. The SMILES string of the molecule is Cc1nnc(-c2ccc(B(O)O)cn2)o1. The van der Waals surface area contributed by atoms with Crippen LogP contribution in [0.4, 0.5) is 0 Å². The highest BCUT2D eigenvalue weighted by Gasteiger charge is 2.12. The van der Waals surface area contributed by atoms with E-state index in [1.54, 1.807) is 13.0 Å². The minimum Gasteiger partial charge on any atom is -0.423 e. The number of hydrogen-bond donors (Lipinski definition) is 2. The predicted molar refractivity (Wildman–Crippen MR) is 52.1 cm³/mol. The van der Waals surface area contributed by atoms with Crippen LogP contribution in [-0.4, -0.2) is 32.3 Å². The first kappa shape index (κ1) is 9.82. The van der Waals surface area contributed by atoms with Gasteiger partial charge < -0.3 is 14.5 Å². The molecular formula is C8H8BN3O3. The van der Waals surface area contributed by atoms with E-state index in [9.17, 15) is 0 Å². The Balaban J connectivity index is 2.31. The summed E-state index contributed by atoms with van der Waals surface area (Å²) in [6.07, 6.45) is 1.35. The van der Waals surface area contributed by atoms with Crippen LogP contribution in [0, 0.1) is 6.92 Å². The van der Waals surface area contributed by atoms with E-state index >= 15 is 0 Å². The van der Waals surface area contributed by atoms with Gasteiger partial charge >= 0.3 is 7.12 Å². The van der Waals surface area contributed by atoms with Crippen LogP contribution < -0.4 is 5.46 Å². The van der Waals surface area contributed by atoms with E-state index in [-0.39, 0.29) is 0 Å². The fourth-order valence-corrected chi connectivity index (χ4v) is 1.08. The minimum atomic E-state index is -1.52. The molecule has 6 nitrogen and oxygen atoms in total. The Kier molecular flexibility index (Phi) is 2.48. The van der Waals surface area contributed by atoms with Crippen LogP contribution in [0.2, 0.25) is 0 Å². The normalized spacial score (nSPS) is 10.3. The summed E-state index contributed by atoms with van der Waals surface area (Å²) in [4.78, 5) is 3.97. The number of nitrogens with zero attached hydrogens (tertiary/aromatic N) is 3. The van der Waals surface area contributed by atoms with Crippen LogP contribution in [0.1, 0.15) is 5.89 Å². The van der Waals surface area contributed by atoms with Crippen LogP contribution in [-0.2, 0) is 0 Å². The van der Waals surface area contributed by atoms with Gasteiger partial charge in [0.25, 0.3) is 5.89 Å². The summed E-state index contributed by atoms with van der Waals surface area (Å²) < 4.78 is 5.16. The molecule has 15 heavy (non-hydrogen) atoms. The molecule has 0 spiro atoms. The second-order valence-electron chi connectivity index (χ2n) is 2.98. The van der Waals surface area contributed by atoms with Crippen molar-refractivity contribution in [2.45, 2.75) is 6.92 Å². The van der Waals surface area contributed by atoms with E-state index in [1.165, 1.54) is 12.3 Å². The topological polar surface area (TPSA) is 92.3 Å². The molecule has 0 saturated heterocycles. The van der Waals surface area contributed by atoms with Crippen molar-refractivity contribution < 1.29 is 14.5 Å². The molecule has 2 heterocycles. The van der Waals surface area contributed by atoms with E-state index in [1.807, 2.05) is 0 Å². The summed E-state index contributed by atoms with van der Waals surface area (Å²) in [5.41, 5.74) is 0.815. The van der Waals surface area contributed by atoms with Crippen molar-refractivity contribution >= 4 is 12.6 Å². The van der Waals surface area contributed by atoms with E-state index in [2.05, 4.69) is 15.2 Å². The maximum absolute atomic E-state index is 8.85. The van der Waals surface area contributed by atoms with Crippen LogP contribution >= 0.6 is 0 Å². The summed E-state index contributed by atoms with van der Waals surface area (Å²) in [5.74, 6) is 0.768. The molecule has 0 saturated carbocycles. The quantitative estimate of drug-likeness (QED) is 0.618. The Morgan fingerprint density at radius 1 is 1.27 bits per heavy atom. The molecule has 2 aromatic heterocycles. The van der Waals surface area contributed by atoms with E-state index in [4.69, 9.17) is 14.5 Å². The Bertz CT molecular complexity index is 454. The first-order valence-corrected chi connectivity index (χ1v) is 4.29. The van der Waals surface area contributed by atoms with Crippen molar-refractivity contribution in [1.29, 1.82) is 0 Å². The van der Waals surface area contributed by atoms with Crippen LogP contribution in [0.5, 0.6) is 0 Å². The number of aromatic nitrogens is 3. The van der Waals surface area contributed by atoms with Crippen molar-refractivity contribution in [3.8, 4) is 11.6 Å². The van der Waals surface area contributed by atoms with Gasteiger partial charge in [-0.15, -0.1) is 10.2 Å². The average molecular weight is 205 g/mol. The standard InChI is InChI=1S/C8H8BN3O3/c1-5-11-12-8(15-5)7-3-2-6(4-10-7)9(13)14/h2-4,13-14H,1H3. The highest BCUT2D eigenvalue weighted by Crippen LogP contribution is 2.12. The van der Waals surface area contributed by atoms with Crippen molar-refractivity contribution in [1.82, 2.24) is 15.2 Å². The molecule has 0 aromatic carbocycles. The van der Waals surface area contributed by atoms with Crippen molar-refractivity contribution in [2.75, 3.05) is 0 Å². The van der Waals surface area contributed by atoms with Crippen LogP contribution in [0.15, 0.2) is 22.7 Å². The first-order chi connectivity index (χ1) is 7.16. The molecule has 0 fully saturated rings. The molecule has 0 aliphatic rings. The van der Waals surface area contributed by atoms with Crippen LogP contribution in [0.3, 0.4) is 0 Å². The minimum absolute atomic E-state index is 0.312. The number of aryl methyl sites for hydroxylation is 1. The summed E-state index contributed by atoms with van der Waals surface area (Å²) in [6.45, 7) is 1.68. The lowest BCUT2D eigenvalue weighted by Gasteiger charge is -1.98. The molecule has 0 aliphatic carbocycles. The van der Waals surface area contributed by atoms with Gasteiger partial charge in [-0.25, -0.2) is 0 Å². The van der Waals surface area contributed by atoms with Crippen LogP contribution in [0.25, 0.3) is 11.6 Å². The molecule has 0 atom stereocenters. The van der Waals surface area contributed by atoms with Gasteiger partial charge in [0.2, 0.25) is 5.89 Å². The van der Waals surface area contributed by atoms with Crippen molar-refractivity contribution in [3.63, 3.8) is 0 Å². The largest absolute Gasteiger partial charge is 0.490 e. The van der Waals surface area contributed by atoms with Gasteiger partial charge in [0.1, 0.15) is 5.69 Å². The monoisotopic (exact) mass is 205 g/mol. The Morgan fingerprint density at radius 2 is 2.07 bits per heavy atom. The Morgan fingerprint density at radius 3 is 2.53 bits per heavy atom. The number of pyridine rings is 1. The molecule has 0 bridgehead atoms. The molecular weight excluding hydrogens is 197 g/mol. The molecule has 7 heteroatoms. The van der Waals surface area contributed by atoms with E-state index in [0.29, 0.717) is 22.9 Å². The molecule has 2 rings (SSSR count). The zero-order valence-electron chi connectivity index (χ0n) is 7.95. The Labute approximate surface area is 85.8 Å². The second-order valence-corrected chi connectivity index (χ2v) is 2.98. The maximum atomic E-state index is 8.85. The lowest BCUT2D eigenvalue weighted by Crippen LogP contribution is -2.29.